The molecule has 1 aromatic carbocycles. The quantitative estimate of drug-likeness (QED) is 0.899. The van der Waals surface area contributed by atoms with Crippen molar-refractivity contribution in [3.63, 3.8) is 0 Å². The van der Waals surface area contributed by atoms with Gasteiger partial charge in [0.1, 0.15) is 5.82 Å². The van der Waals surface area contributed by atoms with Gasteiger partial charge in [-0.1, -0.05) is 6.92 Å². The van der Waals surface area contributed by atoms with Gasteiger partial charge in [0.25, 0.3) is 0 Å². The van der Waals surface area contributed by atoms with E-state index in [1.165, 1.54) is 18.5 Å². The molecule has 1 aromatic rings. The van der Waals surface area contributed by atoms with Gasteiger partial charge in [0.05, 0.1) is 0 Å². The number of halogens is 1. The minimum Gasteiger partial charge on any atom is -0.369 e. The first kappa shape index (κ1) is 14.8. The van der Waals surface area contributed by atoms with Crippen molar-refractivity contribution in [2.75, 3.05) is 32.1 Å². The lowest BCUT2D eigenvalue weighted by Gasteiger charge is -2.24. The van der Waals surface area contributed by atoms with Crippen molar-refractivity contribution >= 4 is 5.69 Å². The molecule has 0 spiro atoms. The number of anilines is 1. The summed E-state index contributed by atoms with van der Waals surface area (Å²) in [6.45, 7) is 5.15. The van der Waals surface area contributed by atoms with Crippen molar-refractivity contribution in [2.45, 2.75) is 38.4 Å². The topological polar surface area (TPSA) is 18.5 Å². The van der Waals surface area contributed by atoms with Crippen molar-refractivity contribution in [3.8, 4) is 0 Å². The van der Waals surface area contributed by atoms with E-state index in [2.05, 4.69) is 36.1 Å². The molecule has 116 valence electrons. The van der Waals surface area contributed by atoms with Crippen LogP contribution in [0.3, 0.4) is 0 Å². The van der Waals surface area contributed by atoms with E-state index in [-0.39, 0.29) is 5.82 Å². The zero-order chi connectivity index (χ0) is 15.0. The molecule has 1 saturated heterocycles. The second-order valence-corrected chi connectivity index (χ2v) is 6.84. The van der Waals surface area contributed by atoms with E-state index in [1.54, 1.807) is 12.1 Å². The molecule has 0 bridgehead atoms. The molecule has 0 aromatic heterocycles. The molecule has 2 aliphatic rings. The van der Waals surface area contributed by atoms with Gasteiger partial charge in [-0.15, -0.1) is 0 Å². The molecule has 1 N–H and O–H groups in total. The average Bonchev–Trinajstić information content (AvgIpc) is 3.18. The maximum atomic E-state index is 13.6. The number of hydrogen-bond donors (Lipinski definition) is 1. The molecule has 3 nitrogen and oxygen atoms in total. The zero-order valence-electron chi connectivity index (χ0n) is 13.3. The smallest absolute Gasteiger partial charge is 0.123 e. The van der Waals surface area contributed by atoms with E-state index < -0.39 is 0 Å². The van der Waals surface area contributed by atoms with Gasteiger partial charge in [-0.25, -0.2) is 4.39 Å². The Balaban J connectivity index is 1.77. The van der Waals surface area contributed by atoms with Crippen LogP contribution in [0.4, 0.5) is 10.1 Å². The zero-order valence-corrected chi connectivity index (χ0v) is 13.3. The lowest BCUT2D eigenvalue weighted by Crippen LogP contribution is -2.34. The van der Waals surface area contributed by atoms with Crippen LogP contribution in [0.1, 0.15) is 25.3 Å². The molecule has 1 heterocycles. The summed E-state index contributed by atoms with van der Waals surface area (Å²) in [6, 6.07) is 6.44. The van der Waals surface area contributed by atoms with Crippen LogP contribution >= 0.6 is 0 Å². The van der Waals surface area contributed by atoms with Crippen LogP contribution in [0, 0.1) is 11.7 Å². The Morgan fingerprint density at radius 3 is 2.67 bits per heavy atom. The number of nitrogens with one attached hydrogen (secondary N) is 1. The third-order valence-electron chi connectivity index (χ3n) is 4.78. The summed E-state index contributed by atoms with van der Waals surface area (Å²) in [7, 11) is 4.29. The third kappa shape index (κ3) is 3.38. The van der Waals surface area contributed by atoms with Crippen LogP contribution in [-0.2, 0) is 6.54 Å². The van der Waals surface area contributed by atoms with E-state index in [0.29, 0.717) is 18.0 Å². The first-order chi connectivity index (χ1) is 10.0. The molecular weight excluding hydrogens is 265 g/mol. The van der Waals surface area contributed by atoms with Gasteiger partial charge < -0.3 is 15.1 Å². The molecule has 3 rings (SSSR count). The Hall–Kier alpha value is -1.13. The van der Waals surface area contributed by atoms with E-state index >= 15 is 0 Å². The highest BCUT2D eigenvalue weighted by molar-refractivity contribution is 5.55. The number of benzene rings is 1. The number of hydrogen-bond acceptors (Lipinski definition) is 3. The summed E-state index contributed by atoms with van der Waals surface area (Å²) in [4.78, 5) is 4.72. The lowest BCUT2D eigenvalue weighted by molar-refractivity contribution is 0.266. The summed E-state index contributed by atoms with van der Waals surface area (Å²) in [5.74, 6) is 0.497. The molecule has 2 fully saturated rings. The molecular formula is C17H26FN3. The molecule has 21 heavy (non-hydrogen) atoms. The van der Waals surface area contributed by atoms with Crippen molar-refractivity contribution in [2.24, 2.45) is 5.92 Å². The van der Waals surface area contributed by atoms with Crippen molar-refractivity contribution < 1.29 is 4.39 Å². The van der Waals surface area contributed by atoms with Crippen LogP contribution in [-0.4, -0.2) is 44.2 Å². The fourth-order valence-electron chi connectivity index (χ4n) is 3.36. The Bertz CT molecular complexity index is 499. The molecule has 4 heteroatoms. The SMILES string of the molecule is CC1CN(c2ccc(F)cc2CNC2CC2)CC1N(C)C. The second-order valence-electron chi connectivity index (χ2n) is 6.84. The molecule has 1 aliphatic carbocycles. The highest BCUT2D eigenvalue weighted by atomic mass is 19.1. The number of rotatable bonds is 5. The number of likely N-dealkylation sites (N-methyl/N-ethyl adjacent to an activating group) is 1. The monoisotopic (exact) mass is 291 g/mol. The fourth-order valence-corrected chi connectivity index (χ4v) is 3.36. The van der Waals surface area contributed by atoms with E-state index in [4.69, 9.17) is 0 Å². The first-order valence-electron chi connectivity index (χ1n) is 7.98. The van der Waals surface area contributed by atoms with Crippen LogP contribution in [0.2, 0.25) is 0 Å². The normalized spacial score (nSPS) is 25.9. The number of nitrogens with zero attached hydrogens (tertiary/aromatic N) is 2. The Labute approximate surface area is 127 Å². The molecule has 1 aliphatic heterocycles. The summed E-state index contributed by atoms with van der Waals surface area (Å²) >= 11 is 0. The van der Waals surface area contributed by atoms with Crippen LogP contribution in [0.15, 0.2) is 18.2 Å². The van der Waals surface area contributed by atoms with Crippen LogP contribution in [0.25, 0.3) is 0 Å². The van der Waals surface area contributed by atoms with Crippen LogP contribution < -0.4 is 10.2 Å². The summed E-state index contributed by atoms with van der Waals surface area (Å²) in [5, 5.41) is 3.51. The lowest BCUT2D eigenvalue weighted by atomic mass is 10.1. The minimum atomic E-state index is -0.136. The first-order valence-corrected chi connectivity index (χ1v) is 7.98. The van der Waals surface area contributed by atoms with Crippen molar-refractivity contribution in [1.82, 2.24) is 10.2 Å². The predicted octanol–water partition coefficient (Wildman–Crippen LogP) is 2.46. The fraction of sp³-hybridized carbons (Fsp3) is 0.647. The highest BCUT2D eigenvalue weighted by Gasteiger charge is 2.32. The predicted molar refractivity (Wildman–Crippen MR) is 85.1 cm³/mol. The Morgan fingerprint density at radius 2 is 2.05 bits per heavy atom. The minimum absolute atomic E-state index is 0.136. The molecule has 2 unspecified atom stereocenters. The van der Waals surface area contributed by atoms with Gasteiger partial charge >= 0.3 is 0 Å². The maximum absolute atomic E-state index is 13.6. The average molecular weight is 291 g/mol. The molecule has 1 saturated carbocycles. The molecule has 2 atom stereocenters. The van der Waals surface area contributed by atoms with Gasteiger partial charge in [-0.05, 0) is 56.6 Å². The van der Waals surface area contributed by atoms with Gasteiger partial charge in [0.2, 0.25) is 0 Å². The van der Waals surface area contributed by atoms with E-state index in [1.807, 2.05) is 6.07 Å². The molecule has 0 radical (unpaired) electrons. The van der Waals surface area contributed by atoms with Crippen molar-refractivity contribution in [3.05, 3.63) is 29.6 Å². The van der Waals surface area contributed by atoms with Gasteiger partial charge in [0, 0.05) is 37.4 Å². The van der Waals surface area contributed by atoms with Gasteiger partial charge in [-0.3, -0.25) is 0 Å². The third-order valence-corrected chi connectivity index (χ3v) is 4.78. The molecule has 0 amide bonds. The van der Waals surface area contributed by atoms with Gasteiger partial charge in [-0.2, -0.15) is 0 Å². The maximum Gasteiger partial charge on any atom is 0.123 e. The summed E-state index contributed by atoms with van der Waals surface area (Å²) in [6.07, 6.45) is 2.52. The Kier molecular flexibility index (Phi) is 4.18. The largest absolute Gasteiger partial charge is 0.369 e. The van der Waals surface area contributed by atoms with Gasteiger partial charge in [0.15, 0.2) is 0 Å². The summed E-state index contributed by atoms with van der Waals surface area (Å²) < 4.78 is 13.6. The van der Waals surface area contributed by atoms with Crippen molar-refractivity contribution in [1.29, 1.82) is 0 Å². The standard InChI is InChI=1S/C17H26FN3/c1-12-10-21(11-17(12)20(2)3)16-7-4-14(18)8-13(16)9-19-15-5-6-15/h4,7-8,12,15,17,19H,5-6,9-11H2,1-3H3. The van der Waals surface area contributed by atoms with Crippen LogP contribution in [0.5, 0.6) is 0 Å². The van der Waals surface area contributed by atoms with E-state index in [9.17, 15) is 4.39 Å². The second kappa shape index (κ2) is 5.93. The highest BCUT2D eigenvalue weighted by Crippen LogP contribution is 2.30. The van der Waals surface area contributed by atoms with E-state index in [0.717, 1.165) is 25.2 Å². The summed E-state index contributed by atoms with van der Waals surface area (Å²) in [5.41, 5.74) is 2.29. The Morgan fingerprint density at radius 1 is 1.29 bits per heavy atom.